The van der Waals surface area contributed by atoms with Crippen LogP contribution in [-0.4, -0.2) is 12.5 Å². The number of benzene rings is 2. The molecule has 0 aromatic heterocycles. The Balaban J connectivity index is 1.83. The molecule has 1 amide bonds. The van der Waals surface area contributed by atoms with Gasteiger partial charge in [0.25, 0.3) is 0 Å². The normalized spacial score (nSPS) is 17.1. The maximum atomic E-state index is 12.6. The van der Waals surface area contributed by atoms with Crippen molar-refractivity contribution in [3.05, 3.63) is 64.2 Å². The van der Waals surface area contributed by atoms with Crippen molar-refractivity contribution < 1.29 is 4.79 Å². The molecule has 0 bridgehead atoms. The third-order valence-corrected chi connectivity index (χ3v) is 4.05. The number of fused-ring (bicyclic) bond motifs is 1. The number of carbonyl (C=O) groups excluding carboxylic acids is 1. The average molecular weight is 301 g/mol. The van der Waals surface area contributed by atoms with Crippen molar-refractivity contribution in [1.29, 1.82) is 0 Å². The number of hydrogen-bond acceptors (Lipinski definition) is 2. The average Bonchev–Trinajstić information content (AvgIpc) is 2.49. The van der Waals surface area contributed by atoms with Crippen LogP contribution in [-0.2, 0) is 11.2 Å². The van der Waals surface area contributed by atoms with Crippen molar-refractivity contribution in [2.24, 2.45) is 0 Å². The zero-order valence-electron chi connectivity index (χ0n) is 11.8. The summed E-state index contributed by atoms with van der Waals surface area (Å²) in [5.74, 6) is -0.0347. The minimum atomic E-state index is -0.301. The lowest BCUT2D eigenvalue weighted by Crippen LogP contribution is -2.38. The Bertz CT molecular complexity index is 684. The van der Waals surface area contributed by atoms with Crippen molar-refractivity contribution in [3.63, 3.8) is 0 Å². The van der Waals surface area contributed by atoms with Crippen molar-refractivity contribution in [3.8, 4) is 0 Å². The van der Waals surface area contributed by atoms with Crippen LogP contribution in [0.1, 0.15) is 22.7 Å². The Morgan fingerprint density at radius 1 is 1.29 bits per heavy atom. The highest BCUT2D eigenvalue weighted by Crippen LogP contribution is 2.25. The molecule has 0 radical (unpaired) electrons. The Morgan fingerprint density at radius 2 is 2.10 bits per heavy atom. The van der Waals surface area contributed by atoms with Gasteiger partial charge in [0.15, 0.2) is 0 Å². The van der Waals surface area contributed by atoms with Crippen LogP contribution in [0.5, 0.6) is 0 Å². The minimum absolute atomic E-state index is 0.0347. The highest BCUT2D eigenvalue weighted by Gasteiger charge is 2.25. The van der Waals surface area contributed by atoms with Gasteiger partial charge in [-0.2, -0.15) is 0 Å². The summed E-state index contributed by atoms with van der Waals surface area (Å²) in [6.45, 7) is 2.75. The molecule has 0 fully saturated rings. The van der Waals surface area contributed by atoms with Crippen LogP contribution in [0, 0.1) is 6.92 Å². The second-order valence-corrected chi connectivity index (χ2v) is 5.72. The van der Waals surface area contributed by atoms with E-state index in [2.05, 4.69) is 16.7 Å². The molecule has 1 unspecified atom stereocenters. The van der Waals surface area contributed by atoms with Gasteiger partial charge in [-0.25, -0.2) is 0 Å². The predicted molar refractivity (Wildman–Crippen MR) is 85.7 cm³/mol. The van der Waals surface area contributed by atoms with Crippen LogP contribution in [0.4, 0.5) is 5.69 Å². The summed E-state index contributed by atoms with van der Waals surface area (Å²) >= 11 is 5.94. The molecule has 0 aliphatic carbocycles. The number of amides is 1. The van der Waals surface area contributed by atoms with Crippen molar-refractivity contribution in [2.75, 3.05) is 11.9 Å². The summed E-state index contributed by atoms with van der Waals surface area (Å²) in [6.07, 6.45) is 0.958. The lowest BCUT2D eigenvalue weighted by Gasteiger charge is -2.26. The first kappa shape index (κ1) is 14.1. The number of aryl methyl sites for hydroxylation is 1. The second-order valence-electron chi connectivity index (χ2n) is 5.28. The van der Waals surface area contributed by atoms with E-state index in [4.69, 9.17) is 11.6 Å². The van der Waals surface area contributed by atoms with E-state index < -0.39 is 0 Å². The summed E-state index contributed by atoms with van der Waals surface area (Å²) in [5, 5.41) is 6.95. The van der Waals surface area contributed by atoms with Crippen LogP contribution in [0.25, 0.3) is 0 Å². The molecule has 2 N–H and O–H groups in total. The van der Waals surface area contributed by atoms with E-state index >= 15 is 0 Å². The van der Waals surface area contributed by atoms with Gasteiger partial charge in [-0.15, -0.1) is 0 Å². The molecule has 108 valence electrons. The van der Waals surface area contributed by atoms with Gasteiger partial charge in [-0.3, -0.25) is 4.79 Å². The largest absolute Gasteiger partial charge is 0.324 e. The van der Waals surface area contributed by atoms with E-state index in [1.165, 1.54) is 5.56 Å². The van der Waals surface area contributed by atoms with Gasteiger partial charge >= 0.3 is 0 Å². The monoisotopic (exact) mass is 300 g/mol. The summed E-state index contributed by atoms with van der Waals surface area (Å²) < 4.78 is 0. The first-order valence-corrected chi connectivity index (χ1v) is 7.41. The highest BCUT2D eigenvalue weighted by atomic mass is 35.5. The number of carbonyl (C=O) groups is 1. The molecule has 3 rings (SSSR count). The summed E-state index contributed by atoms with van der Waals surface area (Å²) in [4.78, 5) is 12.6. The topological polar surface area (TPSA) is 41.1 Å². The maximum absolute atomic E-state index is 12.6. The zero-order valence-corrected chi connectivity index (χ0v) is 12.6. The third-order valence-electron chi connectivity index (χ3n) is 3.82. The molecule has 1 aliphatic rings. The molecule has 1 heterocycles. The van der Waals surface area contributed by atoms with Crippen LogP contribution >= 0.6 is 11.6 Å². The SMILES string of the molecule is Cc1cc(Cl)ccc1NC(=O)C1NCCc2ccccc21. The molecule has 1 atom stereocenters. The highest BCUT2D eigenvalue weighted by molar-refractivity contribution is 6.30. The van der Waals surface area contributed by atoms with E-state index in [1.54, 1.807) is 6.07 Å². The van der Waals surface area contributed by atoms with Gasteiger partial charge in [0, 0.05) is 17.3 Å². The van der Waals surface area contributed by atoms with E-state index in [9.17, 15) is 4.79 Å². The van der Waals surface area contributed by atoms with Crippen molar-refractivity contribution in [1.82, 2.24) is 5.32 Å². The number of nitrogens with one attached hydrogen (secondary N) is 2. The first-order valence-electron chi connectivity index (χ1n) is 7.03. The van der Waals surface area contributed by atoms with E-state index in [0.717, 1.165) is 29.8 Å². The zero-order chi connectivity index (χ0) is 14.8. The molecular weight excluding hydrogens is 284 g/mol. The smallest absolute Gasteiger partial charge is 0.246 e. The van der Waals surface area contributed by atoms with Gasteiger partial charge in [0.1, 0.15) is 6.04 Å². The molecular formula is C17H17ClN2O. The fraction of sp³-hybridized carbons (Fsp3) is 0.235. The number of anilines is 1. The second kappa shape index (κ2) is 5.88. The fourth-order valence-electron chi connectivity index (χ4n) is 2.71. The van der Waals surface area contributed by atoms with Gasteiger partial charge < -0.3 is 10.6 Å². The molecule has 2 aromatic rings. The Hall–Kier alpha value is -1.84. The van der Waals surface area contributed by atoms with Crippen LogP contribution in [0.2, 0.25) is 5.02 Å². The molecule has 21 heavy (non-hydrogen) atoms. The predicted octanol–water partition coefficient (Wildman–Crippen LogP) is 3.47. The first-order chi connectivity index (χ1) is 10.1. The van der Waals surface area contributed by atoms with Crippen LogP contribution in [0.3, 0.4) is 0 Å². The van der Waals surface area contributed by atoms with E-state index in [1.807, 2.05) is 37.3 Å². The van der Waals surface area contributed by atoms with Gasteiger partial charge in [-0.1, -0.05) is 35.9 Å². The maximum Gasteiger partial charge on any atom is 0.246 e. The standard InChI is InChI=1S/C17H17ClN2O/c1-11-10-13(18)6-7-15(11)20-17(21)16-14-5-3-2-4-12(14)8-9-19-16/h2-7,10,16,19H,8-9H2,1H3,(H,20,21). The van der Waals surface area contributed by atoms with Crippen molar-refractivity contribution in [2.45, 2.75) is 19.4 Å². The van der Waals surface area contributed by atoms with Gasteiger partial charge in [0.05, 0.1) is 0 Å². The molecule has 0 spiro atoms. The minimum Gasteiger partial charge on any atom is -0.324 e. The third kappa shape index (κ3) is 2.94. The molecule has 2 aromatic carbocycles. The Labute approximate surface area is 129 Å². The van der Waals surface area contributed by atoms with Crippen LogP contribution < -0.4 is 10.6 Å². The summed E-state index contributed by atoms with van der Waals surface area (Å²) in [5.41, 5.74) is 4.06. The quantitative estimate of drug-likeness (QED) is 0.891. The molecule has 1 aliphatic heterocycles. The Morgan fingerprint density at radius 3 is 2.90 bits per heavy atom. The summed E-state index contributed by atoms with van der Waals surface area (Å²) in [6, 6.07) is 13.3. The lowest BCUT2D eigenvalue weighted by molar-refractivity contribution is -0.118. The number of halogens is 1. The number of rotatable bonds is 2. The molecule has 0 saturated carbocycles. The van der Waals surface area contributed by atoms with Gasteiger partial charge in [-0.05, 0) is 48.2 Å². The lowest BCUT2D eigenvalue weighted by atomic mass is 9.94. The van der Waals surface area contributed by atoms with Crippen LogP contribution in [0.15, 0.2) is 42.5 Å². The molecule has 0 saturated heterocycles. The number of hydrogen-bond donors (Lipinski definition) is 2. The fourth-order valence-corrected chi connectivity index (χ4v) is 2.94. The Kier molecular flexibility index (Phi) is 3.95. The van der Waals surface area contributed by atoms with E-state index in [-0.39, 0.29) is 11.9 Å². The molecule has 4 heteroatoms. The molecule has 3 nitrogen and oxygen atoms in total. The summed E-state index contributed by atoms with van der Waals surface area (Å²) in [7, 11) is 0. The van der Waals surface area contributed by atoms with Gasteiger partial charge in [0.2, 0.25) is 5.91 Å². The van der Waals surface area contributed by atoms with Crippen molar-refractivity contribution >= 4 is 23.2 Å². The van der Waals surface area contributed by atoms with E-state index in [0.29, 0.717) is 5.02 Å².